The quantitative estimate of drug-likeness (QED) is 0.281. The van der Waals surface area contributed by atoms with Gasteiger partial charge in [-0.1, -0.05) is 0 Å². The Hall–Kier alpha value is -4.95. The number of alkyl halides is 9. The van der Waals surface area contributed by atoms with E-state index < -0.39 is 36.4 Å². The van der Waals surface area contributed by atoms with Gasteiger partial charge in [0.2, 0.25) is 5.95 Å². The van der Waals surface area contributed by atoms with Gasteiger partial charge in [0.15, 0.2) is 0 Å². The van der Waals surface area contributed by atoms with Gasteiger partial charge >= 0.3 is 36.4 Å². The van der Waals surface area contributed by atoms with E-state index in [4.69, 9.17) is 34.1 Å². The van der Waals surface area contributed by atoms with Gasteiger partial charge < -0.3 is 25.1 Å². The molecule has 0 amide bonds. The van der Waals surface area contributed by atoms with E-state index in [1.165, 1.54) is 22.3 Å². The molecule has 0 radical (unpaired) electrons. The summed E-state index contributed by atoms with van der Waals surface area (Å²) in [5, 5.41) is 24.6. The van der Waals surface area contributed by atoms with Crippen LogP contribution in [0.2, 0.25) is 0 Å². The number of hydrogen-bond acceptors (Lipinski definition) is 9. The number of anilines is 1. The van der Waals surface area contributed by atoms with Gasteiger partial charge in [-0.3, -0.25) is 9.88 Å². The van der Waals surface area contributed by atoms with Crippen molar-refractivity contribution in [3.05, 3.63) is 71.7 Å². The van der Waals surface area contributed by atoms with Gasteiger partial charge in [-0.2, -0.15) is 39.5 Å². The number of pyridine rings is 1. The standard InChI is InChI=1S/C18H19N5O.3C2HF3O2/c1-4-20-18(21-5-1)22-10-15-8-19-9-16-12-23(6-2-17(15)16)11-14-3-7-24-13-14;3*3-2(4,5)1(6)7/h1,3-5,7-9,13H,2,6,10-12H2,(H,20,21,22);3*(H,6,7). The summed E-state index contributed by atoms with van der Waals surface area (Å²) in [5.41, 5.74) is 5.14. The Morgan fingerprint density at radius 3 is 1.82 bits per heavy atom. The molecule has 1 aliphatic rings. The average Bonchev–Trinajstić information content (AvgIpc) is 3.45. The van der Waals surface area contributed by atoms with Crippen LogP contribution in [0, 0.1) is 0 Å². The number of carbonyl (C=O) groups is 3. The summed E-state index contributed by atoms with van der Waals surface area (Å²) >= 11 is 0. The number of aliphatic carboxylic acids is 3. The highest BCUT2D eigenvalue weighted by molar-refractivity contribution is 5.73. The molecule has 0 unspecified atom stereocenters. The first kappa shape index (κ1) is 38.1. The van der Waals surface area contributed by atoms with E-state index in [2.05, 4.69) is 25.2 Å². The first-order valence-corrected chi connectivity index (χ1v) is 11.8. The Kier molecular flexibility index (Phi) is 14.2. The number of fused-ring (bicyclic) bond motifs is 1. The summed E-state index contributed by atoms with van der Waals surface area (Å²) in [6.07, 6.45) is -3.27. The third-order valence-electron chi connectivity index (χ3n) is 5.02. The lowest BCUT2D eigenvalue weighted by atomic mass is 9.97. The minimum absolute atomic E-state index is 0.646. The molecule has 0 bridgehead atoms. The molecule has 3 aromatic rings. The van der Waals surface area contributed by atoms with E-state index >= 15 is 0 Å². The van der Waals surface area contributed by atoms with Crippen LogP contribution in [0.5, 0.6) is 0 Å². The molecule has 4 N–H and O–H groups in total. The van der Waals surface area contributed by atoms with Gasteiger partial charge in [-0.05, 0) is 35.2 Å². The maximum Gasteiger partial charge on any atom is 0.490 e. The first-order valence-electron chi connectivity index (χ1n) is 11.8. The Labute approximate surface area is 246 Å². The monoisotopic (exact) mass is 663 g/mol. The number of halogens is 9. The molecule has 0 saturated heterocycles. The number of nitrogens with one attached hydrogen (secondary N) is 1. The lowest BCUT2D eigenvalue weighted by Gasteiger charge is -2.29. The molecule has 0 saturated carbocycles. The second-order valence-electron chi connectivity index (χ2n) is 8.36. The molecule has 0 aliphatic carbocycles. The minimum Gasteiger partial charge on any atom is -0.475 e. The summed E-state index contributed by atoms with van der Waals surface area (Å²) in [6.45, 7) is 3.57. The molecule has 0 atom stereocenters. The van der Waals surface area contributed by atoms with Gasteiger partial charge in [0, 0.05) is 56.5 Å². The van der Waals surface area contributed by atoms with Crippen LogP contribution in [0.1, 0.15) is 22.3 Å². The second kappa shape index (κ2) is 16.8. The molecule has 4 heterocycles. The van der Waals surface area contributed by atoms with E-state index in [-0.39, 0.29) is 0 Å². The van der Waals surface area contributed by atoms with Crippen molar-refractivity contribution in [3.63, 3.8) is 0 Å². The molecule has 45 heavy (non-hydrogen) atoms. The predicted octanol–water partition coefficient (Wildman–Crippen LogP) is 4.53. The molecule has 248 valence electrons. The van der Waals surface area contributed by atoms with E-state index in [9.17, 15) is 39.5 Å². The maximum atomic E-state index is 10.6. The Balaban J connectivity index is 0.000000396. The highest BCUT2D eigenvalue weighted by Gasteiger charge is 2.39. The largest absolute Gasteiger partial charge is 0.490 e. The highest BCUT2D eigenvalue weighted by Crippen LogP contribution is 2.23. The summed E-state index contributed by atoms with van der Waals surface area (Å²) in [5.74, 6) is -7.63. The van der Waals surface area contributed by atoms with Crippen LogP contribution in [0.25, 0.3) is 0 Å². The SMILES string of the molecule is O=C(O)C(F)(F)F.O=C(O)C(F)(F)F.O=C(O)C(F)(F)F.c1cnc(NCc2cncc3c2CCN(Cc2ccoc2)C3)nc1. The van der Waals surface area contributed by atoms with Crippen LogP contribution in [0.3, 0.4) is 0 Å². The molecule has 12 nitrogen and oxygen atoms in total. The topological polar surface area (TPSA) is 179 Å². The van der Waals surface area contributed by atoms with Gasteiger partial charge in [0.1, 0.15) is 0 Å². The van der Waals surface area contributed by atoms with Crippen LogP contribution in [-0.4, -0.2) is 78.2 Å². The fourth-order valence-electron chi connectivity index (χ4n) is 3.12. The first-order chi connectivity index (χ1) is 20.7. The smallest absolute Gasteiger partial charge is 0.475 e. The predicted molar refractivity (Wildman–Crippen MR) is 131 cm³/mol. The fraction of sp³-hybridized carbons (Fsp3) is 0.333. The van der Waals surface area contributed by atoms with Crippen LogP contribution >= 0.6 is 0 Å². The molecule has 0 aromatic carbocycles. The fourth-order valence-corrected chi connectivity index (χ4v) is 3.12. The Morgan fingerprint density at radius 1 is 0.867 bits per heavy atom. The zero-order chi connectivity index (χ0) is 34.4. The van der Waals surface area contributed by atoms with E-state index in [1.807, 2.05) is 30.8 Å². The van der Waals surface area contributed by atoms with Crippen molar-refractivity contribution in [1.82, 2.24) is 19.9 Å². The van der Waals surface area contributed by atoms with E-state index in [0.29, 0.717) is 12.5 Å². The van der Waals surface area contributed by atoms with Crippen molar-refractivity contribution in [3.8, 4) is 0 Å². The van der Waals surface area contributed by atoms with Crippen molar-refractivity contribution in [2.45, 2.75) is 44.6 Å². The van der Waals surface area contributed by atoms with Gasteiger partial charge in [-0.25, -0.2) is 24.4 Å². The molecular weight excluding hydrogens is 641 g/mol. The van der Waals surface area contributed by atoms with Crippen molar-refractivity contribution in [1.29, 1.82) is 0 Å². The molecule has 0 spiro atoms. The molecule has 3 aromatic heterocycles. The van der Waals surface area contributed by atoms with Crippen LogP contribution in [0.15, 0.2) is 53.9 Å². The molecular formula is C24H22F9N5O7. The number of furan rings is 1. The van der Waals surface area contributed by atoms with E-state index in [0.717, 1.165) is 26.1 Å². The zero-order valence-electron chi connectivity index (χ0n) is 22.3. The molecule has 4 rings (SSSR count). The van der Waals surface area contributed by atoms with Crippen LogP contribution < -0.4 is 5.32 Å². The molecule has 21 heteroatoms. The zero-order valence-corrected chi connectivity index (χ0v) is 22.3. The van der Waals surface area contributed by atoms with Gasteiger partial charge in [-0.15, -0.1) is 0 Å². The van der Waals surface area contributed by atoms with E-state index in [1.54, 1.807) is 18.7 Å². The minimum atomic E-state index is -5.08. The number of carboxylic acids is 3. The summed E-state index contributed by atoms with van der Waals surface area (Å²) in [4.78, 5) is 41.9. The van der Waals surface area contributed by atoms with Crippen molar-refractivity contribution < 1.29 is 73.6 Å². The maximum absolute atomic E-state index is 10.6. The highest BCUT2D eigenvalue weighted by atomic mass is 19.4. The van der Waals surface area contributed by atoms with Gasteiger partial charge in [0.05, 0.1) is 12.5 Å². The van der Waals surface area contributed by atoms with Crippen LogP contribution in [0.4, 0.5) is 45.5 Å². The van der Waals surface area contributed by atoms with Crippen LogP contribution in [-0.2, 0) is 40.4 Å². The molecule has 1 aliphatic heterocycles. The number of rotatable bonds is 5. The summed E-state index contributed by atoms with van der Waals surface area (Å²) < 4.78 is 100. The number of aromatic nitrogens is 3. The van der Waals surface area contributed by atoms with Crippen molar-refractivity contribution in [2.24, 2.45) is 0 Å². The second-order valence-corrected chi connectivity index (χ2v) is 8.36. The Morgan fingerprint density at radius 2 is 1.38 bits per heavy atom. The summed E-state index contributed by atoms with van der Waals surface area (Å²) in [6, 6.07) is 3.83. The van der Waals surface area contributed by atoms with Crippen molar-refractivity contribution >= 4 is 23.9 Å². The van der Waals surface area contributed by atoms with Gasteiger partial charge in [0.25, 0.3) is 0 Å². The number of nitrogens with zero attached hydrogens (tertiary/aromatic N) is 4. The number of carboxylic acid groups (broad SMARTS) is 3. The molecule has 0 fully saturated rings. The third kappa shape index (κ3) is 14.9. The normalized spacial score (nSPS) is 12.9. The van der Waals surface area contributed by atoms with Crippen molar-refractivity contribution in [2.75, 3.05) is 11.9 Å². The lowest BCUT2D eigenvalue weighted by Crippen LogP contribution is -2.31. The third-order valence-corrected chi connectivity index (χ3v) is 5.02. The average molecular weight is 663 g/mol. The summed E-state index contributed by atoms with van der Waals surface area (Å²) in [7, 11) is 0. The number of hydrogen-bond donors (Lipinski definition) is 4. The lowest BCUT2D eigenvalue weighted by molar-refractivity contribution is -0.193. The Bertz CT molecular complexity index is 1310.